The molecule has 2 nitrogen and oxygen atoms in total. The Bertz CT molecular complexity index is 560. The van der Waals surface area contributed by atoms with Crippen LogP contribution in [-0.2, 0) is 4.79 Å². The van der Waals surface area contributed by atoms with Crippen molar-refractivity contribution in [3.05, 3.63) is 62.8 Å². The van der Waals surface area contributed by atoms with Crippen LogP contribution in [0.2, 0.25) is 0 Å². The smallest absolute Gasteiger partial charge is 0.244 e. The van der Waals surface area contributed by atoms with E-state index in [0.717, 1.165) is 14.9 Å². The highest BCUT2D eigenvalue weighted by Crippen LogP contribution is 2.16. The summed E-state index contributed by atoms with van der Waals surface area (Å²) in [6, 6.07) is 11.9. The van der Waals surface area contributed by atoms with Gasteiger partial charge in [0.25, 0.3) is 0 Å². The fourth-order valence-electron chi connectivity index (χ4n) is 1.64. The third kappa shape index (κ3) is 4.33. The first-order valence-electron chi connectivity index (χ1n) is 5.93. The van der Waals surface area contributed by atoms with Crippen LogP contribution in [0.4, 0.5) is 0 Å². The third-order valence-corrected chi connectivity index (χ3v) is 4.04. The first-order valence-corrected chi connectivity index (χ1v) is 7.60. The monoisotopic (exact) mass is 335 g/mol. The Morgan fingerprint density at radius 2 is 2.05 bits per heavy atom. The SMILES string of the molecule is CC(NC(=O)C=Cc1cccs1)c1ccc(Br)cc1. The third-order valence-electron chi connectivity index (χ3n) is 2.67. The minimum atomic E-state index is -0.0798. The first kappa shape index (κ1) is 14.0. The van der Waals surface area contributed by atoms with Crippen molar-refractivity contribution >= 4 is 39.2 Å². The number of amides is 1. The van der Waals surface area contributed by atoms with Gasteiger partial charge in [-0.15, -0.1) is 11.3 Å². The van der Waals surface area contributed by atoms with Crippen LogP contribution in [0.15, 0.2) is 52.3 Å². The van der Waals surface area contributed by atoms with Gasteiger partial charge >= 0.3 is 0 Å². The van der Waals surface area contributed by atoms with E-state index in [1.165, 1.54) is 0 Å². The maximum absolute atomic E-state index is 11.8. The molecule has 1 aromatic carbocycles. The summed E-state index contributed by atoms with van der Waals surface area (Å²) in [7, 11) is 0. The average Bonchev–Trinajstić information content (AvgIpc) is 2.90. The number of rotatable bonds is 4. The highest BCUT2D eigenvalue weighted by atomic mass is 79.9. The number of nitrogens with one attached hydrogen (secondary N) is 1. The Morgan fingerprint density at radius 3 is 2.68 bits per heavy atom. The van der Waals surface area contributed by atoms with Crippen molar-refractivity contribution in [1.82, 2.24) is 5.32 Å². The number of thiophene rings is 1. The van der Waals surface area contributed by atoms with Gasteiger partial charge in [-0.2, -0.15) is 0 Å². The summed E-state index contributed by atoms with van der Waals surface area (Å²) >= 11 is 5.00. The molecule has 1 aromatic heterocycles. The molecule has 0 radical (unpaired) electrons. The molecule has 4 heteroatoms. The summed E-state index contributed by atoms with van der Waals surface area (Å²) in [6.07, 6.45) is 3.40. The van der Waals surface area contributed by atoms with Gasteiger partial charge in [0.2, 0.25) is 5.91 Å². The minimum absolute atomic E-state index is 0.00594. The molecule has 2 aromatic rings. The molecule has 1 N–H and O–H groups in total. The molecule has 98 valence electrons. The van der Waals surface area contributed by atoms with Crippen molar-refractivity contribution in [1.29, 1.82) is 0 Å². The number of carbonyl (C=O) groups excluding carboxylic acids is 1. The zero-order valence-corrected chi connectivity index (χ0v) is 12.9. The Kier molecular flexibility index (Phi) is 4.93. The molecule has 1 heterocycles. The summed E-state index contributed by atoms with van der Waals surface area (Å²) in [5.41, 5.74) is 1.08. The standard InChI is InChI=1S/C15H14BrNOS/c1-11(12-4-6-13(16)7-5-12)17-15(18)9-8-14-3-2-10-19-14/h2-11H,1H3,(H,17,18). The van der Waals surface area contributed by atoms with Crippen LogP contribution in [0, 0.1) is 0 Å². The normalized spacial score (nSPS) is 12.5. The molecule has 0 aliphatic heterocycles. The number of benzene rings is 1. The van der Waals surface area contributed by atoms with Gasteiger partial charge in [-0.1, -0.05) is 34.1 Å². The van der Waals surface area contributed by atoms with E-state index in [1.807, 2.05) is 54.8 Å². The lowest BCUT2D eigenvalue weighted by Gasteiger charge is -2.12. The van der Waals surface area contributed by atoms with Crippen LogP contribution in [0.3, 0.4) is 0 Å². The second-order valence-corrected chi connectivity index (χ2v) is 6.03. The molecular weight excluding hydrogens is 322 g/mol. The van der Waals surface area contributed by atoms with E-state index >= 15 is 0 Å². The Morgan fingerprint density at radius 1 is 1.32 bits per heavy atom. The number of hydrogen-bond acceptors (Lipinski definition) is 2. The van der Waals surface area contributed by atoms with Gasteiger partial charge in [-0.05, 0) is 42.1 Å². The Hall–Kier alpha value is -1.39. The fourth-order valence-corrected chi connectivity index (χ4v) is 2.52. The molecule has 1 amide bonds. The van der Waals surface area contributed by atoms with Crippen molar-refractivity contribution in [3.8, 4) is 0 Å². The summed E-state index contributed by atoms with van der Waals surface area (Å²) in [6.45, 7) is 1.97. The van der Waals surface area contributed by atoms with Crippen molar-refractivity contribution in [2.24, 2.45) is 0 Å². The van der Waals surface area contributed by atoms with Crippen LogP contribution < -0.4 is 5.32 Å². The van der Waals surface area contributed by atoms with Crippen LogP contribution in [-0.4, -0.2) is 5.91 Å². The molecule has 0 saturated carbocycles. The lowest BCUT2D eigenvalue weighted by molar-refractivity contribution is -0.117. The molecule has 0 fully saturated rings. The molecule has 19 heavy (non-hydrogen) atoms. The Balaban J connectivity index is 1.93. The highest BCUT2D eigenvalue weighted by molar-refractivity contribution is 9.10. The molecule has 0 bridgehead atoms. The quantitative estimate of drug-likeness (QED) is 0.824. The van der Waals surface area contributed by atoms with E-state index in [0.29, 0.717) is 0 Å². The van der Waals surface area contributed by atoms with Gasteiger partial charge in [0, 0.05) is 15.4 Å². The fraction of sp³-hybridized carbons (Fsp3) is 0.133. The Labute approximate surface area is 125 Å². The van der Waals surface area contributed by atoms with Gasteiger partial charge in [0.05, 0.1) is 6.04 Å². The van der Waals surface area contributed by atoms with E-state index in [2.05, 4.69) is 21.2 Å². The highest BCUT2D eigenvalue weighted by Gasteiger charge is 2.06. The van der Waals surface area contributed by atoms with Gasteiger partial charge in [0.1, 0.15) is 0 Å². The van der Waals surface area contributed by atoms with Gasteiger partial charge in [-0.25, -0.2) is 0 Å². The number of hydrogen-bond donors (Lipinski definition) is 1. The lowest BCUT2D eigenvalue weighted by Crippen LogP contribution is -2.24. The molecule has 0 aliphatic rings. The van der Waals surface area contributed by atoms with Crippen molar-refractivity contribution < 1.29 is 4.79 Å². The molecule has 1 atom stereocenters. The predicted molar refractivity (Wildman–Crippen MR) is 84.1 cm³/mol. The van der Waals surface area contributed by atoms with Gasteiger partial charge in [-0.3, -0.25) is 4.79 Å². The topological polar surface area (TPSA) is 29.1 Å². The second-order valence-electron chi connectivity index (χ2n) is 4.13. The zero-order valence-electron chi connectivity index (χ0n) is 10.5. The average molecular weight is 336 g/mol. The lowest BCUT2D eigenvalue weighted by atomic mass is 10.1. The maximum Gasteiger partial charge on any atom is 0.244 e. The summed E-state index contributed by atoms with van der Waals surface area (Å²) in [5, 5.41) is 4.93. The maximum atomic E-state index is 11.8. The minimum Gasteiger partial charge on any atom is -0.346 e. The first-order chi connectivity index (χ1) is 9.15. The summed E-state index contributed by atoms with van der Waals surface area (Å²) < 4.78 is 1.03. The molecule has 2 rings (SSSR count). The molecular formula is C15H14BrNOS. The molecule has 0 aliphatic carbocycles. The van der Waals surface area contributed by atoms with Crippen molar-refractivity contribution in [2.75, 3.05) is 0 Å². The van der Waals surface area contributed by atoms with E-state index in [-0.39, 0.29) is 11.9 Å². The van der Waals surface area contributed by atoms with Crippen molar-refractivity contribution in [2.45, 2.75) is 13.0 Å². The van der Waals surface area contributed by atoms with E-state index in [4.69, 9.17) is 0 Å². The molecule has 1 unspecified atom stereocenters. The van der Waals surface area contributed by atoms with Crippen LogP contribution in [0.5, 0.6) is 0 Å². The van der Waals surface area contributed by atoms with E-state index < -0.39 is 0 Å². The second kappa shape index (κ2) is 6.68. The molecule has 0 saturated heterocycles. The van der Waals surface area contributed by atoms with Gasteiger partial charge in [0.15, 0.2) is 0 Å². The van der Waals surface area contributed by atoms with E-state index in [1.54, 1.807) is 17.4 Å². The number of carbonyl (C=O) groups is 1. The van der Waals surface area contributed by atoms with Crippen LogP contribution >= 0.6 is 27.3 Å². The summed E-state index contributed by atoms with van der Waals surface area (Å²) in [5.74, 6) is -0.0798. The largest absolute Gasteiger partial charge is 0.346 e. The van der Waals surface area contributed by atoms with Gasteiger partial charge < -0.3 is 5.32 Å². The predicted octanol–water partition coefficient (Wildman–Crippen LogP) is 4.40. The summed E-state index contributed by atoms with van der Waals surface area (Å²) in [4.78, 5) is 12.9. The molecule has 0 spiro atoms. The van der Waals surface area contributed by atoms with Crippen LogP contribution in [0.25, 0.3) is 6.08 Å². The van der Waals surface area contributed by atoms with E-state index in [9.17, 15) is 4.79 Å². The van der Waals surface area contributed by atoms with Crippen molar-refractivity contribution in [3.63, 3.8) is 0 Å². The zero-order chi connectivity index (χ0) is 13.7. The van der Waals surface area contributed by atoms with Crippen LogP contribution in [0.1, 0.15) is 23.4 Å². The number of halogens is 1.